The first-order chi connectivity index (χ1) is 9.04. The first-order valence-electron chi connectivity index (χ1n) is 5.89. The van der Waals surface area contributed by atoms with Gasteiger partial charge in [0.2, 0.25) is 0 Å². The predicted molar refractivity (Wildman–Crippen MR) is 80.2 cm³/mol. The molecule has 0 fully saturated rings. The maximum absolute atomic E-state index is 11.7. The largest absolute Gasteiger partial charge is 0.300 e. The number of hydrogen-bond acceptors (Lipinski definition) is 3. The SMILES string of the molecule is CC(=O)[C@@H](Cc1ccc(Cl)cc1)Cc1ncc(Cl)s1. The average molecular weight is 314 g/mol. The highest BCUT2D eigenvalue weighted by molar-refractivity contribution is 7.15. The van der Waals surface area contributed by atoms with Crippen LogP contribution in [0, 0.1) is 5.92 Å². The number of nitrogens with zero attached hydrogens (tertiary/aromatic N) is 1. The molecule has 0 aliphatic rings. The molecule has 1 aromatic heterocycles. The Kier molecular flexibility index (Phi) is 4.97. The topological polar surface area (TPSA) is 30.0 Å². The van der Waals surface area contributed by atoms with E-state index in [9.17, 15) is 4.79 Å². The summed E-state index contributed by atoms with van der Waals surface area (Å²) in [6, 6.07) is 7.59. The van der Waals surface area contributed by atoms with Gasteiger partial charge < -0.3 is 0 Å². The minimum absolute atomic E-state index is 0.0663. The van der Waals surface area contributed by atoms with Gasteiger partial charge in [0.1, 0.15) is 10.1 Å². The summed E-state index contributed by atoms with van der Waals surface area (Å²) in [5.74, 6) is 0.102. The molecule has 0 saturated carbocycles. The molecule has 0 spiro atoms. The minimum atomic E-state index is -0.0663. The molecule has 1 aromatic carbocycles. The lowest BCUT2D eigenvalue weighted by molar-refractivity contribution is -0.120. The van der Waals surface area contributed by atoms with Crippen molar-refractivity contribution in [3.8, 4) is 0 Å². The Bertz CT molecular complexity index is 565. The van der Waals surface area contributed by atoms with Crippen molar-refractivity contribution in [2.24, 2.45) is 5.92 Å². The third-order valence-electron chi connectivity index (χ3n) is 2.92. The van der Waals surface area contributed by atoms with E-state index in [2.05, 4.69) is 4.98 Å². The van der Waals surface area contributed by atoms with E-state index in [1.807, 2.05) is 24.3 Å². The average Bonchev–Trinajstić information content (AvgIpc) is 2.76. The van der Waals surface area contributed by atoms with Crippen LogP contribution in [0.5, 0.6) is 0 Å². The van der Waals surface area contributed by atoms with Crippen molar-refractivity contribution in [1.29, 1.82) is 0 Å². The second kappa shape index (κ2) is 6.51. The lowest BCUT2D eigenvalue weighted by atomic mass is 9.93. The molecule has 19 heavy (non-hydrogen) atoms. The molecule has 0 N–H and O–H groups in total. The smallest absolute Gasteiger partial charge is 0.133 e. The van der Waals surface area contributed by atoms with Gasteiger partial charge in [0.05, 0.1) is 11.2 Å². The number of thiazole rings is 1. The van der Waals surface area contributed by atoms with Crippen molar-refractivity contribution >= 4 is 40.3 Å². The Balaban J connectivity index is 2.08. The molecule has 1 atom stereocenters. The molecule has 1 heterocycles. The summed E-state index contributed by atoms with van der Waals surface area (Å²) >= 11 is 13.1. The zero-order valence-electron chi connectivity index (χ0n) is 10.4. The number of hydrogen-bond donors (Lipinski definition) is 0. The van der Waals surface area contributed by atoms with Crippen LogP contribution in [-0.2, 0) is 17.6 Å². The number of aromatic nitrogens is 1. The molecule has 2 rings (SSSR count). The molecule has 0 radical (unpaired) electrons. The fourth-order valence-electron chi connectivity index (χ4n) is 1.86. The Hall–Kier alpha value is -0.900. The van der Waals surface area contributed by atoms with E-state index < -0.39 is 0 Å². The van der Waals surface area contributed by atoms with E-state index >= 15 is 0 Å². The van der Waals surface area contributed by atoms with Crippen molar-refractivity contribution < 1.29 is 4.79 Å². The van der Waals surface area contributed by atoms with Gasteiger partial charge in [-0.3, -0.25) is 4.79 Å². The van der Waals surface area contributed by atoms with Crippen molar-refractivity contribution in [3.05, 3.63) is 50.4 Å². The van der Waals surface area contributed by atoms with Gasteiger partial charge in [0, 0.05) is 17.4 Å². The number of benzene rings is 1. The maximum atomic E-state index is 11.7. The van der Waals surface area contributed by atoms with Crippen LogP contribution >= 0.6 is 34.5 Å². The molecule has 0 aliphatic carbocycles. The zero-order chi connectivity index (χ0) is 13.8. The van der Waals surface area contributed by atoms with E-state index in [4.69, 9.17) is 23.2 Å². The lowest BCUT2D eigenvalue weighted by Gasteiger charge is -2.12. The van der Waals surface area contributed by atoms with Gasteiger partial charge in [-0.05, 0) is 31.0 Å². The Morgan fingerprint density at radius 3 is 2.47 bits per heavy atom. The van der Waals surface area contributed by atoms with Crippen LogP contribution in [-0.4, -0.2) is 10.8 Å². The fraction of sp³-hybridized carbons (Fsp3) is 0.286. The summed E-state index contributed by atoms with van der Waals surface area (Å²) in [6.07, 6.45) is 2.96. The monoisotopic (exact) mass is 313 g/mol. The van der Waals surface area contributed by atoms with Crippen LogP contribution in [0.2, 0.25) is 9.36 Å². The Morgan fingerprint density at radius 1 is 1.26 bits per heavy atom. The highest BCUT2D eigenvalue weighted by Gasteiger charge is 2.17. The van der Waals surface area contributed by atoms with Gasteiger partial charge in [0.15, 0.2) is 0 Å². The number of ketones is 1. The van der Waals surface area contributed by atoms with E-state index in [1.165, 1.54) is 11.3 Å². The van der Waals surface area contributed by atoms with Gasteiger partial charge in [0.25, 0.3) is 0 Å². The number of rotatable bonds is 5. The first kappa shape index (κ1) is 14.5. The van der Waals surface area contributed by atoms with Crippen LogP contribution in [0.15, 0.2) is 30.5 Å². The van der Waals surface area contributed by atoms with Crippen molar-refractivity contribution in [3.63, 3.8) is 0 Å². The number of carbonyl (C=O) groups is 1. The summed E-state index contributed by atoms with van der Waals surface area (Å²) in [5, 5.41) is 1.61. The highest BCUT2D eigenvalue weighted by Crippen LogP contribution is 2.23. The van der Waals surface area contributed by atoms with Crippen molar-refractivity contribution in [2.45, 2.75) is 19.8 Å². The normalized spacial score (nSPS) is 12.4. The molecule has 0 saturated heterocycles. The van der Waals surface area contributed by atoms with Crippen molar-refractivity contribution in [1.82, 2.24) is 4.98 Å². The molecular weight excluding hydrogens is 301 g/mol. The van der Waals surface area contributed by atoms with Gasteiger partial charge in [-0.1, -0.05) is 35.3 Å². The van der Waals surface area contributed by atoms with E-state index in [0.717, 1.165) is 10.6 Å². The Morgan fingerprint density at radius 2 is 1.95 bits per heavy atom. The third-order valence-corrected chi connectivity index (χ3v) is 4.31. The lowest BCUT2D eigenvalue weighted by Crippen LogP contribution is -2.16. The molecule has 0 unspecified atom stereocenters. The highest BCUT2D eigenvalue weighted by atomic mass is 35.5. The van der Waals surface area contributed by atoms with E-state index in [-0.39, 0.29) is 11.7 Å². The van der Waals surface area contributed by atoms with Crippen LogP contribution in [0.4, 0.5) is 0 Å². The van der Waals surface area contributed by atoms with Gasteiger partial charge in [-0.2, -0.15) is 0 Å². The summed E-state index contributed by atoms with van der Waals surface area (Å²) in [4.78, 5) is 16.0. The molecule has 2 nitrogen and oxygen atoms in total. The zero-order valence-corrected chi connectivity index (χ0v) is 12.7. The predicted octanol–water partition coefficient (Wildman–Crippen LogP) is 4.44. The standard InChI is InChI=1S/C14H13Cl2NOS/c1-9(18)11(7-14-17-8-13(16)19-14)6-10-2-4-12(15)5-3-10/h2-5,8,11H,6-7H2,1H3/t11-/m0/s1. The van der Waals surface area contributed by atoms with Gasteiger partial charge in [-0.25, -0.2) is 4.98 Å². The molecule has 0 aliphatic heterocycles. The molecule has 0 bridgehead atoms. The van der Waals surface area contributed by atoms with Gasteiger partial charge in [-0.15, -0.1) is 11.3 Å². The van der Waals surface area contributed by atoms with Crippen LogP contribution in [0.3, 0.4) is 0 Å². The summed E-state index contributed by atoms with van der Waals surface area (Å²) < 4.78 is 0.656. The number of Topliss-reactive ketones (excluding diaryl/α,β-unsaturated/α-hetero) is 1. The van der Waals surface area contributed by atoms with Crippen LogP contribution in [0.25, 0.3) is 0 Å². The van der Waals surface area contributed by atoms with Gasteiger partial charge >= 0.3 is 0 Å². The summed E-state index contributed by atoms with van der Waals surface area (Å²) in [7, 11) is 0. The second-order valence-electron chi connectivity index (χ2n) is 4.40. The number of carbonyl (C=O) groups excluding carboxylic acids is 1. The maximum Gasteiger partial charge on any atom is 0.133 e. The second-order valence-corrected chi connectivity index (χ2v) is 6.58. The molecule has 0 amide bonds. The molecule has 5 heteroatoms. The van der Waals surface area contributed by atoms with E-state index in [0.29, 0.717) is 22.2 Å². The number of halogens is 2. The van der Waals surface area contributed by atoms with Crippen LogP contribution in [0.1, 0.15) is 17.5 Å². The minimum Gasteiger partial charge on any atom is -0.300 e. The summed E-state index contributed by atoms with van der Waals surface area (Å²) in [5.41, 5.74) is 1.10. The van der Waals surface area contributed by atoms with E-state index in [1.54, 1.807) is 13.1 Å². The quantitative estimate of drug-likeness (QED) is 0.816. The molecular formula is C14H13Cl2NOS. The Labute approximate surface area is 126 Å². The molecule has 100 valence electrons. The summed E-state index contributed by atoms with van der Waals surface area (Å²) in [6.45, 7) is 1.62. The third kappa shape index (κ3) is 4.30. The molecule has 2 aromatic rings. The first-order valence-corrected chi connectivity index (χ1v) is 7.47. The van der Waals surface area contributed by atoms with Crippen LogP contribution < -0.4 is 0 Å². The fourth-order valence-corrected chi connectivity index (χ4v) is 3.02. The van der Waals surface area contributed by atoms with Crippen molar-refractivity contribution in [2.75, 3.05) is 0 Å².